The first-order chi connectivity index (χ1) is 8.99. The number of ketones is 1. The number of carbonyl (C=O) groups excluding carboxylic acids is 3. The van der Waals surface area contributed by atoms with Crippen LogP contribution in [-0.2, 0) is 14.4 Å². The molecule has 0 radical (unpaired) electrons. The van der Waals surface area contributed by atoms with Crippen LogP contribution in [0.2, 0.25) is 0 Å². The summed E-state index contributed by atoms with van der Waals surface area (Å²) >= 11 is 0. The van der Waals surface area contributed by atoms with Crippen molar-refractivity contribution in [3.63, 3.8) is 0 Å². The van der Waals surface area contributed by atoms with Crippen molar-refractivity contribution in [2.24, 2.45) is 0 Å². The van der Waals surface area contributed by atoms with Crippen molar-refractivity contribution in [1.29, 1.82) is 0 Å². The Kier molecular flexibility index (Phi) is 5.93. The van der Waals surface area contributed by atoms with Gasteiger partial charge >= 0.3 is 0 Å². The van der Waals surface area contributed by atoms with Crippen LogP contribution in [0.25, 0.3) is 0 Å². The van der Waals surface area contributed by atoms with Gasteiger partial charge in [0.2, 0.25) is 11.8 Å². The number of unbranched alkanes of at least 4 members (excludes halogenated alkanes) is 4. The second-order valence-corrected chi connectivity index (χ2v) is 5.10. The molecule has 0 fully saturated rings. The minimum Gasteiger partial charge on any atom is -0.294 e. The molecule has 2 amide bonds. The van der Waals surface area contributed by atoms with Gasteiger partial charge in [-0.25, -0.2) is 0 Å². The number of hydrogen-bond donors (Lipinski definition) is 0. The fourth-order valence-corrected chi connectivity index (χ4v) is 2.22. The van der Waals surface area contributed by atoms with Crippen molar-refractivity contribution in [1.82, 2.24) is 4.90 Å². The summed E-state index contributed by atoms with van der Waals surface area (Å²) in [6.45, 7) is 5.48. The minimum atomic E-state index is -0.383. The van der Waals surface area contributed by atoms with Gasteiger partial charge in [0.15, 0.2) is 5.78 Å². The fraction of sp³-hybridized carbons (Fsp3) is 0.667. The Hall–Kier alpha value is -1.45. The third kappa shape index (κ3) is 4.01. The molecule has 1 aliphatic heterocycles. The molecule has 1 rings (SSSR count). The monoisotopic (exact) mass is 265 g/mol. The number of nitrogens with zero attached hydrogens (tertiary/aromatic N) is 1. The molecule has 106 valence electrons. The Balaban J connectivity index is 2.56. The molecule has 0 aromatic heterocycles. The third-order valence-electron chi connectivity index (χ3n) is 3.60. The van der Waals surface area contributed by atoms with E-state index in [1.165, 1.54) is 17.7 Å². The third-order valence-corrected chi connectivity index (χ3v) is 3.60. The maximum Gasteiger partial charge on any atom is 0.241 e. The van der Waals surface area contributed by atoms with Crippen LogP contribution in [0.4, 0.5) is 0 Å². The van der Waals surface area contributed by atoms with Crippen molar-refractivity contribution >= 4 is 17.6 Å². The molecular weight excluding hydrogens is 242 g/mol. The zero-order valence-corrected chi connectivity index (χ0v) is 12.1. The smallest absolute Gasteiger partial charge is 0.241 e. The van der Waals surface area contributed by atoms with Crippen molar-refractivity contribution in [3.05, 3.63) is 11.3 Å². The zero-order valence-electron chi connectivity index (χ0n) is 12.1. The van der Waals surface area contributed by atoms with Crippen LogP contribution in [-0.4, -0.2) is 22.5 Å². The first kappa shape index (κ1) is 15.6. The maximum absolute atomic E-state index is 12.1. The molecule has 4 heteroatoms. The number of imide groups is 1. The number of allylic oxidation sites excluding steroid dienone is 2. The topological polar surface area (TPSA) is 54.5 Å². The van der Waals surface area contributed by atoms with E-state index in [2.05, 4.69) is 6.92 Å². The van der Waals surface area contributed by atoms with Gasteiger partial charge in [-0.2, -0.15) is 0 Å². The lowest BCUT2D eigenvalue weighted by Crippen LogP contribution is -2.40. The quantitative estimate of drug-likeness (QED) is 0.548. The molecule has 0 bridgehead atoms. The molecule has 0 aromatic carbocycles. The van der Waals surface area contributed by atoms with Crippen LogP contribution in [0.3, 0.4) is 0 Å². The molecule has 0 N–H and O–H groups in total. The Bertz CT molecular complexity index is 410. The van der Waals surface area contributed by atoms with Crippen LogP contribution in [0.5, 0.6) is 0 Å². The summed E-state index contributed by atoms with van der Waals surface area (Å²) in [6, 6.07) is 0. The highest BCUT2D eigenvalue weighted by Gasteiger charge is 2.31. The zero-order chi connectivity index (χ0) is 14.4. The Labute approximate surface area is 114 Å². The van der Waals surface area contributed by atoms with Crippen molar-refractivity contribution in [2.75, 3.05) is 0 Å². The number of amides is 2. The van der Waals surface area contributed by atoms with Crippen LogP contribution >= 0.6 is 0 Å². The Morgan fingerprint density at radius 3 is 2.37 bits per heavy atom. The predicted molar refractivity (Wildman–Crippen MR) is 73.2 cm³/mol. The van der Waals surface area contributed by atoms with E-state index < -0.39 is 0 Å². The van der Waals surface area contributed by atoms with Crippen molar-refractivity contribution in [2.45, 2.75) is 65.7 Å². The van der Waals surface area contributed by atoms with Gasteiger partial charge < -0.3 is 0 Å². The number of hydrogen-bond acceptors (Lipinski definition) is 3. The summed E-state index contributed by atoms with van der Waals surface area (Å²) in [6.07, 6.45) is 5.51. The number of rotatable bonds is 6. The standard InChI is InChI=1S/C15H23NO3/c1-4-5-6-7-8-9-14(18)16-12(3)11(2)13(17)10-15(16)19/h4-10H2,1-3H3. The second kappa shape index (κ2) is 7.22. The van der Waals surface area contributed by atoms with Crippen LogP contribution in [0.15, 0.2) is 11.3 Å². The molecule has 0 atom stereocenters. The Morgan fingerprint density at radius 1 is 1.11 bits per heavy atom. The largest absolute Gasteiger partial charge is 0.294 e. The predicted octanol–water partition coefficient (Wildman–Crippen LogP) is 2.97. The normalized spacial score (nSPS) is 16.3. The van der Waals surface area contributed by atoms with Crippen LogP contribution < -0.4 is 0 Å². The van der Waals surface area contributed by atoms with E-state index >= 15 is 0 Å². The van der Waals surface area contributed by atoms with Gasteiger partial charge in [0.25, 0.3) is 0 Å². The molecule has 0 saturated heterocycles. The molecule has 4 nitrogen and oxygen atoms in total. The first-order valence-corrected chi connectivity index (χ1v) is 7.05. The lowest BCUT2D eigenvalue weighted by molar-refractivity contribution is -0.144. The van der Waals surface area contributed by atoms with Gasteiger partial charge in [0.05, 0.1) is 6.42 Å². The van der Waals surface area contributed by atoms with E-state index in [9.17, 15) is 14.4 Å². The average molecular weight is 265 g/mol. The van der Waals surface area contributed by atoms with Crippen molar-refractivity contribution in [3.8, 4) is 0 Å². The molecular formula is C15H23NO3. The highest BCUT2D eigenvalue weighted by Crippen LogP contribution is 2.21. The summed E-state index contributed by atoms with van der Waals surface area (Å²) < 4.78 is 0. The minimum absolute atomic E-state index is 0.172. The van der Waals surface area contributed by atoms with E-state index in [0.29, 0.717) is 17.7 Å². The Morgan fingerprint density at radius 2 is 1.74 bits per heavy atom. The molecule has 0 aliphatic carbocycles. The molecule has 0 aromatic rings. The highest BCUT2D eigenvalue weighted by atomic mass is 16.2. The molecule has 1 heterocycles. The highest BCUT2D eigenvalue weighted by molar-refractivity contribution is 6.14. The molecule has 0 saturated carbocycles. The van der Waals surface area contributed by atoms with Gasteiger partial charge in [-0.3, -0.25) is 19.3 Å². The summed E-state index contributed by atoms with van der Waals surface area (Å²) in [4.78, 5) is 36.5. The van der Waals surface area contributed by atoms with Crippen LogP contribution in [0, 0.1) is 0 Å². The molecule has 19 heavy (non-hydrogen) atoms. The van der Waals surface area contributed by atoms with E-state index in [4.69, 9.17) is 0 Å². The van der Waals surface area contributed by atoms with Gasteiger partial charge in [0.1, 0.15) is 0 Å². The second-order valence-electron chi connectivity index (χ2n) is 5.10. The van der Waals surface area contributed by atoms with Crippen molar-refractivity contribution < 1.29 is 14.4 Å². The van der Waals surface area contributed by atoms with E-state index in [0.717, 1.165) is 19.3 Å². The van der Waals surface area contributed by atoms with E-state index in [1.807, 2.05) is 0 Å². The lowest BCUT2D eigenvalue weighted by Gasteiger charge is -2.26. The molecule has 0 spiro atoms. The number of carbonyl (C=O) groups is 3. The molecule has 0 unspecified atom stereocenters. The van der Waals surface area contributed by atoms with Gasteiger partial charge in [-0.15, -0.1) is 0 Å². The van der Waals surface area contributed by atoms with Gasteiger partial charge in [0, 0.05) is 17.7 Å². The SMILES string of the molecule is CCCCCCCC(=O)N1C(=O)CC(=O)C(C)=C1C. The molecule has 1 aliphatic rings. The first-order valence-electron chi connectivity index (χ1n) is 7.05. The summed E-state index contributed by atoms with van der Waals surface area (Å²) in [5.41, 5.74) is 1.03. The summed E-state index contributed by atoms with van der Waals surface area (Å²) in [7, 11) is 0. The maximum atomic E-state index is 12.1. The lowest BCUT2D eigenvalue weighted by atomic mass is 10.0. The van der Waals surface area contributed by atoms with E-state index in [-0.39, 0.29) is 24.0 Å². The number of Topliss-reactive ketones (excluding diaryl/α,β-unsaturated/α-hetero) is 1. The summed E-state index contributed by atoms with van der Waals surface area (Å²) in [5.74, 6) is -0.730. The van der Waals surface area contributed by atoms with Gasteiger partial charge in [-0.1, -0.05) is 32.6 Å². The fourth-order valence-electron chi connectivity index (χ4n) is 2.22. The van der Waals surface area contributed by atoms with Gasteiger partial charge in [-0.05, 0) is 20.3 Å². The van der Waals surface area contributed by atoms with Crippen LogP contribution in [0.1, 0.15) is 65.7 Å². The van der Waals surface area contributed by atoms with E-state index in [1.54, 1.807) is 13.8 Å². The average Bonchev–Trinajstić information content (AvgIpc) is 2.36. The summed E-state index contributed by atoms with van der Waals surface area (Å²) in [5, 5.41) is 0.